The molecule has 9 nitrogen and oxygen atoms in total. The van der Waals surface area contributed by atoms with Gasteiger partial charge in [0.15, 0.2) is 0 Å². The van der Waals surface area contributed by atoms with Crippen LogP contribution in [0.25, 0.3) is 0 Å². The first-order valence-electron chi connectivity index (χ1n) is 7.54. The third-order valence-electron chi connectivity index (χ3n) is 4.04. The largest absolute Gasteiger partial charge is 0.481 e. The molecule has 1 aliphatic rings. The van der Waals surface area contributed by atoms with Crippen molar-refractivity contribution in [1.82, 2.24) is 10.9 Å². The van der Waals surface area contributed by atoms with Gasteiger partial charge in [-0.15, -0.1) is 0 Å². The zero-order valence-corrected chi connectivity index (χ0v) is 13.4. The first-order chi connectivity index (χ1) is 11.8. The van der Waals surface area contributed by atoms with Gasteiger partial charge in [-0.2, -0.15) is 0 Å². The van der Waals surface area contributed by atoms with E-state index in [-0.39, 0.29) is 24.1 Å². The van der Waals surface area contributed by atoms with Crippen LogP contribution in [0.3, 0.4) is 0 Å². The van der Waals surface area contributed by atoms with Crippen LogP contribution in [-0.4, -0.2) is 27.8 Å². The standard InChI is InChI=1S/C16H17N3O6/c1-9-8-10(6-7-13(9)19(24)25)14(20)17-18-15(21)11-4-2-3-5-12(11)16(22)23/h2-3,6-8,11-12H,4-5H2,1H3,(H,17,20)(H,18,21)(H,22,23). The summed E-state index contributed by atoms with van der Waals surface area (Å²) in [6.07, 6.45) is 3.96. The molecule has 0 fully saturated rings. The first-order valence-corrected chi connectivity index (χ1v) is 7.54. The number of allylic oxidation sites excluding steroid dienone is 2. The molecule has 0 spiro atoms. The zero-order chi connectivity index (χ0) is 18.6. The van der Waals surface area contributed by atoms with Gasteiger partial charge >= 0.3 is 5.97 Å². The predicted octanol–water partition coefficient (Wildman–Crippen LogP) is 1.33. The van der Waals surface area contributed by atoms with Crippen LogP contribution in [0.15, 0.2) is 30.4 Å². The molecule has 2 amide bonds. The second-order valence-corrected chi connectivity index (χ2v) is 5.70. The van der Waals surface area contributed by atoms with Crippen LogP contribution in [0.5, 0.6) is 0 Å². The number of carbonyl (C=O) groups is 3. The number of hydrogen-bond donors (Lipinski definition) is 3. The SMILES string of the molecule is Cc1cc(C(=O)NNC(=O)C2CC=CCC2C(=O)O)ccc1[N+](=O)[O-]. The third kappa shape index (κ3) is 4.19. The normalized spacial score (nSPS) is 19.1. The maximum absolute atomic E-state index is 12.1. The molecule has 132 valence electrons. The number of nitrogens with one attached hydrogen (secondary N) is 2. The number of hydrazine groups is 1. The number of aliphatic carboxylic acids is 1. The summed E-state index contributed by atoms with van der Waals surface area (Å²) in [4.78, 5) is 45.6. The van der Waals surface area contributed by atoms with Gasteiger partial charge in [0.05, 0.1) is 16.8 Å². The summed E-state index contributed by atoms with van der Waals surface area (Å²) in [5.41, 5.74) is 4.77. The highest BCUT2D eigenvalue weighted by molar-refractivity contribution is 5.96. The molecule has 0 aliphatic heterocycles. The lowest BCUT2D eigenvalue weighted by Gasteiger charge is -2.24. The van der Waals surface area contributed by atoms with Gasteiger partial charge < -0.3 is 5.11 Å². The number of nitro groups is 1. The lowest BCUT2D eigenvalue weighted by Crippen LogP contribution is -2.47. The fourth-order valence-corrected chi connectivity index (χ4v) is 2.66. The van der Waals surface area contributed by atoms with Crippen molar-refractivity contribution in [2.45, 2.75) is 19.8 Å². The minimum Gasteiger partial charge on any atom is -0.481 e. The summed E-state index contributed by atoms with van der Waals surface area (Å²) in [6, 6.07) is 3.82. The summed E-state index contributed by atoms with van der Waals surface area (Å²) >= 11 is 0. The van der Waals surface area contributed by atoms with Crippen LogP contribution in [0, 0.1) is 28.9 Å². The number of amides is 2. The molecule has 3 N–H and O–H groups in total. The quantitative estimate of drug-likeness (QED) is 0.427. The lowest BCUT2D eigenvalue weighted by molar-refractivity contribution is -0.385. The molecule has 1 aromatic carbocycles. The average molecular weight is 347 g/mol. The van der Waals surface area contributed by atoms with E-state index < -0.39 is 34.5 Å². The van der Waals surface area contributed by atoms with E-state index in [2.05, 4.69) is 10.9 Å². The minimum atomic E-state index is -1.07. The summed E-state index contributed by atoms with van der Waals surface area (Å²) in [5, 5.41) is 19.9. The number of carbonyl (C=O) groups excluding carboxylic acids is 2. The van der Waals surface area contributed by atoms with E-state index in [1.807, 2.05) is 0 Å². The Hall–Kier alpha value is -3.23. The van der Waals surface area contributed by atoms with Crippen LogP contribution in [-0.2, 0) is 9.59 Å². The van der Waals surface area contributed by atoms with Crippen LogP contribution >= 0.6 is 0 Å². The van der Waals surface area contributed by atoms with E-state index >= 15 is 0 Å². The van der Waals surface area contributed by atoms with Crippen LogP contribution < -0.4 is 10.9 Å². The van der Waals surface area contributed by atoms with Crippen molar-refractivity contribution < 1.29 is 24.4 Å². The van der Waals surface area contributed by atoms with Crippen molar-refractivity contribution in [2.75, 3.05) is 0 Å². The van der Waals surface area contributed by atoms with Crippen molar-refractivity contribution in [1.29, 1.82) is 0 Å². The van der Waals surface area contributed by atoms with Crippen LogP contribution in [0.1, 0.15) is 28.8 Å². The molecule has 0 heterocycles. The highest BCUT2D eigenvalue weighted by Gasteiger charge is 2.34. The van der Waals surface area contributed by atoms with Crippen molar-refractivity contribution >= 4 is 23.5 Å². The Kier molecular flexibility index (Phi) is 5.48. The van der Waals surface area contributed by atoms with Gasteiger partial charge in [0.1, 0.15) is 0 Å². The van der Waals surface area contributed by atoms with Gasteiger partial charge in [-0.05, 0) is 31.9 Å². The predicted molar refractivity (Wildman–Crippen MR) is 86.4 cm³/mol. The summed E-state index contributed by atoms with van der Waals surface area (Å²) < 4.78 is 0. The topological polar surface area (TPSA) is 139 Å². The van der Waals surface area contributed by atoms with Crippen molar-refractivity contribution in [3.63, 3.8) is 0 Å². The van der Waals surface area contributed by atoms with Gasteiger partial charge in [-0.25, -0.2) is 0 Å². The zero-order valence-electron chi connectivity index (χ0n) is 13.4. The van der Waals surface area contributed by atoms with E-state index in [9.17, 15) is 24.5 Å². The molecule has 2 atom stereocenters. The minimum absolute atomic E-state index is 0.112. The fraction of sp³-hybridized carbons (Fsp3) is 0.312. The molecule has 1 aliphatic carbocycles. The Morgan fingerprint density at radius 1 is 1.16 bits per heavy atom. The number of carboxylic acid groups (broad SMARTS) is 1. The summed E-state index contributed by atoms with van der Waals surface area (Å²) in [5.74, 6) is -3.93. The molecular formula is C16H17N3O6. The summed E-state index contributed by atoms with van der Waals surface area (Å²) in [7, 11) is 0. The van der Waals surface area contributed by atoms with Crippen molar-refractivity contribution in [2.24, 2.45) is 11.8 Å². The molecular weight excluding hydrogens is 330 g/mol. The molecule has 25 heavy (non-hydrogen) atoms. The highest BCUT2D eigenvalue weighted by atomic mass is 16.6. The Balaban J connectivity index is 2.00. The maximum Gasteiger partial charge on any atom is 0.307 e. The molecule has 2 rings (SSSR count). The first kappa shape index (κ1) is 18.1. The number of benzene rings is 1. The third-order valence-corrected chi connectivity index (χ3v) is 4.04. The van der Waals surface area contributed by atoms with E-state index in [0.717, 1.165) is 0 Å². The van der Waals surface area contributed by atoms with Crippen LogP contribution in [0.2, 0.25) is 0 Å². The molecule has 0 saturated carbocycles. The number of aryl methyl sites for hydroxylation is 1. The van der Waals surface area contributed by atoms with Gasteiger partial charge in [-0.1, -0.05) is 12.2 Å². The van der Waals surface area contributed by atoms with Gasteiger partial charge in [0, 0.05) is 17.2 Å². The maximum atomic E-state index is 12.1. The monoisotopic (exact) mass is 347 g/mol. The van der Waals surface area contributed by atoms with E-state index in [1.165, 1.54) is 25.1 Å². The molecule has 9 heteroatoms. The number of hydrogen-bond acceptors (Lipinski definition) is 5. The van der Waals surface area contributed by atoms with Crippen LogP contribution in [0.4, 0.5) is 5.69 Å². The lowest BCUT2D eigenvalue weighted by atomic mass is 9.82. The Labute approximate surface area is 142 Å². The number of nitrogens with zero attached hydrogens (tertiary/aromatic N) is 1. The van der Waals surface area contributed by atoms with Gasteiger partial charge in [-0.3, -0.25) is 35.3 Å². The molecule has 0 radical (unpaired) electrons. The fourth-order valence-electron chi connectivity index (χ4n) is 2.66. The van der Waals surface area contributed by atoms with Gasteiger partial charge in [0.2, 0.25) is 5.91 Å². The number of rotatable bonds is 4. The molecule has 0 aromatic heterocycles. The smallest absolute Gasteiger partial charge is 0.307 e. The second-order valence-electron chi connectivity index (χ2n) is 5.70. The second kappa shape index (κ2) is 7.56. The molecule has 2 unspecified atom stereocenters. The van der Waals surface area contributed by atoms with E-state index in [4.69, 9.17) is 5.11 Å². The van der Waals surface area contributed by atoms with E-state index in [0.29, 0.717) is 5.56 Å². The van der Waals surface area contributed by atoms with Gasteiger partial charge in [0.25, 0.3) is 11.6 Å². The molecule has 0 bridgehead atoms. The Morgan fingerprint density at radius 2 is 1.80 bits per heavy atom. The molecule has 1 aromatic rings. The number of carboxylic acids is 1. The van der Waals surface area contributed by atoms with E-state index in [1.54, 1.807) is 12.2 Å². The number of nitro benzene ring substituents is 1. The summed E-state index contributed by atoms with van der Waals surface area (Å²) in [6.45, 7) is 1.50. The van der Waals surface area contributed by atoms with Crippen molar-refractivity contribution in [3.8, 4) is 0 Å². The Bertz CT molecular complexity index is 758. The molecule has 0 saturated heterocycles. The average Bonchev–Trinajstić information content (AvgIpc) is 2.58. The van der Waals surface area contributed by atoms with Crippen molar-refractivity contribution in [3.05, 3.63) is 51.6 Å². The Morgan fingerprint density at radius 3 is 2.36 bits per heavy atom. The highest BCUT2D eigenvalue weighted by Crippen LogP contribution is 2.25.